The molecule has 0 atom stereocenters. The topological polar surface area (TPSA) is 25.8 Å². The molecule has 27 heavy (non-hydrogen) atoms. The van der Waals surface area contributed by atoms with Crippen LogP contribution in [0.5, 0.6) is 0 Å². The summed E-state index contributed by atoms with van der Waals surface area (Å²) in [5.74, 6) is 0. The molecule has 0 saturated heterocycles. The number of benzene rings is 3. The fraction of sp³-hybridized carbons (Fsp3) is 0.200. The zero-order valence-electron chi connectivity index (χ0n) is 16.2. The van der Waals surface area contributed by atoms with Gasteiger partial charge < -0.3 is 0 Å². The van der Waals surface area contributed by atoms with Crippen molar-refractivity contribution in [2.24, 2.45) is 0 Å². The summed E-state index contributed by atoms with van der Waals surface area (Å²) in [6.45, 7) is 8.83. The van der Waals surface area contributed by atoms with Crippen LogP contribution in [0.1, 0.15) is 36.2 Å². The molecule has 0 unspecified atom stereocenters. The summed E-state index contributed by atoms with van der Waals surface area (Å²) < 4.78 is 0. The number of aromatic nitrogens is 2. The van der Waals surface area contributed by atoms with Crippen LogP contribution in [0, 0.1) is 13.8 Å². The van der Waals surface area contributed by atoms with Crippen LogP contribution in [-0.4, -0.2) is 9.97 Å². The van der Waals surface area contributed by atoms with Crippen molar-refractivity contribution in [1.29, 1.82) is 0 Å². The zero-order valence-corrected chi connectivity index (χ0v) is 16.2. The van der Waals surface area contributed by atoms with Gasteiger partial charge in [0, 0.05) is 16.5 Å². The molecule has 1 aliphatic rings. The Morgan fingerprint density at radius 2 is 1.52 bits per heavy atom. The third kappa shape index (κ3) is 2.26. The summed E-state index contributed by atoms with van der Waals surface area (Å²) in [7, 11) is 0. The van der Waals surface area contributed by atoms with Crippen molar-refractivity contribution in [2.45, 2.75) is 33.1 Å². The normalized spacial score (nSPS) is 14.2. The van der Waals surface area contributed by atoms with Gasteiger partial charge in [0.1, 0.15) is 6.33 Å². The van der Waals surface area contributed by atoms with E-state index < -0.39 is 0 Å². The number of aryl methyl sites for hydroxylation is 2. The molecule has 1 heterocycles. The van der Waals surface area contributed by atoms with E-state index in [-0.39, 0.29) is 5.41 Å². The average molecular weight is 350 g/mol. The average Bonchev–Trinajstić information content (AvgIpc) is 2.89. The zero-order chi connectivity index (χ0) is 18.8. The lowest BCUT2D eigenvalue weighted by molar-refractivity contribution is 0.635. The van der Waals surface area contributed by atoms with Crippen LogP contribution < -0.4 is 0 Å². The number of hydrogen-bond acceptors (Lipinski definition) is 2. The van der Waals surface area contributed by atoms with Crippen LogP contribution in [-0.2, 0) is 5.41 Å². The van der Waals surface area contributed by atoms with E-state index in [2.05, 4.69) is 82.3 Å². The van der Waals surface area contributed by atoms with Crippen molar-refractivity contribution >= 4 is 10.8 Å². The Bertz CT molecular complexity index is 1200. The van der Waals surface area contributed by atoms with Crippen molar-refractivity contribution in [1.82, 2.24) is 9.97 Å². The summed E-state index contributed by atoms with van der Waals surface area (Å²) in [6.07, 6.45) is 1.72. The summed E-state index contributed by atoms with van der Waals surface area (Å²) >= 11 is 0. The number of nitrogens with zero attached hydrogens (tertiary/aromatic N) is 2. The number of fused-ring (bicyclic) bond motifs is 5. The van der Waals surface area contributed by atoms with Gasteiger partial charge in [0.15, 0.2) is 0 Å². The molecule has 0 bridgehead atoms. The molecular weight excluding hydrogens is 328 g/mol. The maximum atomic E-state index is 4.76. The minimum absolute atomic E-state index is 0.134. The first-order valence-corrected chi connectivity index (χ1v) is 9.43. The Morgan fingerprint density at radius 3 is 2.30 bits per heavy atom. The molecule has 0 saturated carbocycles. The smallest absolute Gasteiger partial charge is 0.116 e. The van der Waals surface area contributed by atoms with Gasteiger partial charge in [-0.1, -0.05) is 67.4 Å². The molecule has 5 rings (SSSR count). The molecule has 2 heteroatoms. The fourth-order valence-corrected chi connectivity index (χ4v) is 4.62. The van der Waals surface area contributed by atoms with E-state index in [1.54, 1.807) is 6.33 Å². The Balaban J connectivity index is 1.93. The molecule has 2 nitrogen and oxygen atoms in total. The minimum atomic E-state index is -0.134. The van der Waals surface area contributed by atoms with Crippen LogP contribution in [0.4, 0.5) is 0 Å². The first kappa shape index (κ1) is 16.2. The highest BCUT2D eigenvalue weighted by molar-refractivity contribution is 6.05. The molecule has 0 aliphatic heterocycles. The van der Waals surface area contributed by atoms with Crippen molar-refractivity contribution < 1.29 is 0 Å². The lowest BCUT2D eigenvalue weighted by Crippen LogP contribution is -2.16. The Hall–Kier alpha value is -3.00. The number of hydrogen-bond donors (Lipinski definition) is 0. The van der Waals surface area contributed by atoms with Gasteiger partial charge in [-0.15, -0.1) is 0 Å². The summed E-state index contributed by atoms with van der Waals surface area (Å²) in [4.78, 5) is 9.52. The first-order valence-electron chi connectivity index (χ1n) is 9.43. The van der Waals surface area contributed by atoms with Gasteiger partial charge >= 0.3 is 0 Å². The van der Waals surface area contributed by atoms with Gasteiger partial charge in [-0.3, -0.25) is 0 Å². The minimum Gasteiger partial charge on any atom is -0.240 e. The SMILES string of the molecule is Cc1cc(C)cc(-c2ncnc3c2-c2c(ccc4ccccc24)C3(C)C)c1. The van der Waals surface area contributed by atoms with Crippen molar-refractivity contribution in [3.8, 4) is 22.4 Å². The third-order valence-electron chi connectivity index (χ3n) is 5.79. The molecule has 0 N–H and O–H groups in total. The molecular formula is C25H22N2. The number of rotatable bonds is 1. The second-order valence-electron chi connectivity index (χ2n) is 8.16. The van der Waals surface area contributed by atoms with Gasteiger partial charge in [-0.2, -0.15) is 0 Å². The van der Waals surface area contributed by atoms with Gasteiger partial charge in [-0.25, -0.2) is 9.97 Å². The van der Waals surface area contributed by atoms with Crippen LogP contribution in [0.15, 0.2) is 60.9 Å². The van der Waals surface area contributed by atoms with Crippen LogP contribution in [0.25, 0.3) is 33.2 Å². The Morgan fingerprint density at radius 1 is 0.778 bits per heavy atom. The molecule has 0 spiro atoms. The molecule has 4 aromatic rings. The van der Waals surface area contributed by atoms with E-state index in [9.17, 15) is 0 Å². The first-order chi connectivity index (χ1) is 13.0. The van der Waals surface area contributed by atoms with E-state index >= 15 is 0 Å². The standard InChI is InChI=1S/C25H22N2/c1-15-11-16(2)13-18(12-15)23-22-21-19-8-6-5-7-17(19)9-10-20(21)25(3,4)24(22)27-14-26-23/h5-14H,1-4H3. The van der Waals surface area contributed by atoms with E-state index in [4.69, 9.17) is 9.97 Å². The summed E-state index contributed by atoms with van der Waals surface area (Å²) in [6, 6.07) is 19.8. The highest BCUT2D eigenvalue weighted by Gasteiger charge is 2.39. The van der Waals surface area contributed by atoms with Crippen LogP contribution in [0.2, 0.25) is 0 Å². The Kier molecular flexibility index (Phi) is 3.30. The maximum Gasteiger partial charge on any atom is 0.116 e. The van der Waals surface area contributed by atoms with Crippen LogP contribution in [0.3, 0.4) is 0 Å². The molecule has 1 aliphatic carbocycles. The van der Waals surface area contributed by atoms with Crippen LogP contribution >= 0.6 is 0 Å². The Labute approximate surface area is 159 Å². The highest BCUT2D eigenvalue weighted by atomic mass is 14.9. The fourth-order valence-electron chi connectivity index (χ4n) is 4.62. The van der Waals surface area contributed by atoms with E-state index in [0.717, 1.165) is 11.4 Å². The largest absolute Gasteiger partial charge is 0.240 e. The summed E-state index contributed by atoms with van der Waals surface area (Å²) in [5, 5.41) is 2.54. The molecule has 3 aromatic carbocycles. The second-order valence-corrected chi connectivity index (χ2v) is 8.16. The summed E-state index contributed by atoms with van der Waals surface area (Å²) in [5.41, 5.74) is 9.53. The van der Waals surface area contributed by atoms with Crippen molar-refractivity contribution in [2.75, 3.05) is 0 Å². The van der Waals surface area contributed by atoms with Gasteiger partial charge in [0.2, 0.25) is 0 Å². The van der Waals surface area contributed by atoms with Gasteiger partial charge in [0.25, 0.3) is 0 Å². The van der Waals surface area contributed by atoms with Gasteiger partial charge in [0.05, 0.1) is 11.4 Å². The molecule has 0 radical (unpaired) electrons. The predicted octanol–water partition coefficient (Wildman–Crippen LogP) is 6.22. The quantitative estimate of drug-likeness (QED) is 0.407. The van der Waals surface area contributed by atoms with Crippen molar-refractivity contribution in [3.63, 3.8) is 0 Å². The van der Waals surface area contributed by atoms with Gasteiger partial charge in [-0.05, 0) is 47.9 Å². The molecule has 0 amide bonds. The lowest BCUT2D eigenvalue weighted by Gasteiger charge is -2.20. The molecule has 1 aromatic heterocycles. The van der Waals surface area contributed by atoms with E-state index in [1.807, 2.05) is 0 Å². The predicted molar refractivity (Wildman–Crippen MR) is 112 cm³/mol. The second kappa shape index (κ2) is 5.50. The molecule has 0 fully saturated rings. The van der Waals surface area contributed by atoms with E-state index in [1.165, 1.54) is 44.2 Å². The monoisotopic (exact) mass is 350 g/mol. The van der Waals surface area contributed by atoms with Crippen molar-refractivity contribution in [3.05, 3.63) is 83.3 Å². The lowest BCUT2D eigenvalue weighted by atomic mass is 9.84. The maximum absolute atomic E-state index is 4.76. The molecule has 132 valence electrons. The van der Waals surface area contributed by atoms with E-state index in [0.29, 0.717) is 0 Å². The third-order valence-corrected chi connectivity index (χ3v) is 5.79. The highest BCUT2D eigenvalue weighted by Crippen LogP contribution is 2.52.